The zero-order valence-corrected chi connectivity index (χ0v) is 10.3. The highest BCUT2D eigenvalue weighted by Gasteiger charge is 2.14. The van der Waals surface area contributed by atoms with Gasteiger partial charge in [-0.3, -0.25) is 4.79 Å². The first-order valence-corrected chi connectivity index (χ1v) is 6.50. The monoisotopic (exact) mass is 243 g/mol. The van der Waals surface area contributed by atoms with Gasteiger partial charge in [0.05, 0.1) is 5.52 Å². The highest BCUT2D eigenvalue weighted by Crippen LogP contribution is 2.19. The van der Waals surface area contributed by atoms with Gasteiger partial charge in [0.25, 0.3) is 0 Å². The number of fused-ring (bicyclic) bond motifs is 1. The molecule has 0 spiro atoms. The van der Waals surface area contributed by atoms with Crippen molar-refractivity contribution in [3.63, 3.8) is 0 Å². The minimum absolute atomic E-state index is 0.105. The van der Waals surface area contributed by atoms with Gasteiger partial charge in [0, 0.05) is 37.4 Å². The average Bonchev–Trinajstić information content (AvgIpc) is 2.44. The number of aromatic nitrogens is 1. The molecule has 3 rings (SSSR count). The summed E-state index contributed by atoms with van der Waals surface area (Å²) in [7, 11) is 0. The van der Waals surface area contributed by atoms with Crippen LogP contribution in [-0.2, 0) is 11.3 Å². The minimum atomic E-state index is 0.105. The predicted molar refractivity (Wildman–Crippen MR) is 71.8 cm³/mol. The molecule has 0 aliphatic carbocycles. The molecule has 3 heteroatoms. The van der Waals surface area contributed by atoms with Crippen molar-refractivity contribution in [2.75, 3.05) is 13.2 Å². The molecule has 0 atom stereocenters. The second-order valence-electron chi connectivity index (χ2n) is 4.91. The van der Waals surface area contributed by atoms with Gasteiger partial charge in [0.1, 0.15) is 0 Å². The van der Waals surface area contributed by atoms with Gasteiger partial charge in [-0.1, -0.05) is 12.1 Å². The molecule has 18 heavy (non-hydrogen) atoms. The second kappa shape index (κ2) is 4.94. The summed E-state index contributed by atoms with van der Waals surface area (Å²) in [4.78, 5) is 11.8. The molecule has 1 saturated heterocycles. The lowest BCUT2D eigenvalue weighted by atomic mass is 10.00. The van der Waals surface area contributed by atoms with Crippen LogP contribution >= 0.6 is 0 Å². The lowest BCUT2D eigenvalue weighted by Gasteiger charge is -2.23. The van der Waals surface area contributed by atoms with Gasteiger partial charge in [-0.25, -0.2) is 0 Å². The smallest absolute Gasteiger partial charge is 0.189 e. The number of hydrogen-bond acceptors (Lipinski definition) is 2. The Hall–Kier alpha value is -1.61. The van der Waals surface area contributed by atoms with E-state index in [0.29, 0.717) is 5.92 Å². The molecule has 0 unspecified atom stereocenters. The third-order valence-corrected chi connectivity index (χ3v) is 3.68. The van der Waals surface area contributed by atoms with Crippen molar-refractivity contribution < 1.29 is 4.74 Å². The predicted octanol–water partition coefficient (Wildman–Crippen LogP) is 2.43. The van der Waals surface area contributed by atoms with E-state index in [9.17, 15) is 4.79 Å². The van der Waals surface area contributed by atoms with Crippen molar-refractivity contribution in [3.8, 4) is 0 Å². The van der Waals surface area contributed by atoms with E-state index in [1.807, 2.05) is 30.5 Å². The van der Waals surface area contributed by atoms with E-state index >= 15 is 0 Å². The van der Waals surface area contributed by atoms with E-state index in [0.717, 1.165) is 43.5 Å². The lowest BCUT2D eigenvalue weighted by Crippen LogP contribution is -2.21. The van der Waals surface area contributed by atoms with Crippen LogP contribution in [0.15, 0.2) is 41.3 Å². The molecule has 2 aromatic rings. The highest BCUT2D eigenvalue weighted by atomic mass is 16.5. The molecule has 0 radical (unpaired) electrons. The molecule has 0 N–H and O–H groups in total. The Balaban J connectivity index is 1.96. The Kier molecular flexibility index (Phi) is 3.15. The largest absolute Gasteiger partial charge is 0.381 e. The first-order chi connectivity index (χ1) is 8.84. The van der Waals surface area contributed by atoms with Crippen LogP contribution in [0.5, 0.6) is 0 Å². The molecule has 1 fully saturated rings. The normalized spacial score (nSPS) is 17.1. The number of ether oxygens (including phenoxy) is 1. The maximum Gasteiger partial charge on any atom is 0.189 e. The molecule has 1 aromatic heterocycles. The summed E-state index contributed by atoms with van der Waals surface area (Å²) < 4.78 is 7.59. The fraction of sp³-hybridized carbons (Fsp3) is 0.400. The van der Waals surface area contributed by atoms with E-state index in [1.165, 1.54) is 0 Å². The van der Waals surface area contributed by atoms with Gasteiger partial charge in [-0.15, -0.1) is 0 Å². The summed E-state index contributed by atoms with van der Waals surface area (Å²) >= 11 is 0. The number of rotatable bonds is 2. The van der Waals surface area contributed by atoms with E-state index in [2.05, 4.69) is 4.57 Å². The fourth-order valence-electron chi connectivity index (χ4n) is 2.63. The van der Waals surface area contributed by atoms with E-state index in [1.54, 1.807) is 6.07 Å². The zero-order valence-electron chi connectivity index (χ0n) is 10.3. The van der Waals surface area contributed by atoms with Gasteiger partial charge in [-0.2, -0.15) is 0 Å². The summed E-state index contributed by atoms with van der Waals surface area (Å²) in [5.74, 6) is 0.657. The number of nitrogens with zero attached hydrogens (tertiary/aromatic N) is 1. The highest BCUT2D eigenvalue weighted by molar-refractivity contribution is 5.78. The second-order valence-corrected chi connectivity index (χ2v) is 4.91. The number of benzene rings is 1. The van der Waals surface area contributed by atoms with Crippen LogP contribution in [0, 0.1) is 5.92 Å². The Morgan fingerprint density at radius 2 is 1.94 bits per heavy atom. The SMILES string of the molecule is O=c1ccn(CC2CCOCC2)c2ccccc12. The maximum atomic E-state index is 11.8. The molecule has 0 amide bonds. The van der Waals surface area contributed by atoms with Crippen molar-refractivity contribution in [1.82, 2.24) is 4.57 Å². The average molecular weight is 243 g/mol. The molecule has 1 aliphatic heterocycles. The standard InChI is InChI=1S/C15H17NO2/c17-15-5-8-16(11-12-6-9-18-10-7-12)14-4-2-1-3-13(14)15/h1-5,8,12H,6-7,9-11H2. The van der Waals surface area contributed by atoms with Gasteiger partial charge in [0.15, 0.2) is 5.43 Å². The molecule has 0 bridgehead atoms. The first kappa shape index (κ1) is 11.5. The van der Waals surface area contributed by atoms with Crippen LogP contribution in [0.25, 0.3) is 10.9 Å². The minimum Gasteiger partial charge on any atom is -0.381 e. The topological polar surface area (TPSA) is 31.2 Å². The molecule has 2 heterocycles. The maximum absolute atomic E-state index is 11.8. The van der Waals surface area contributed by atoms with Crippen LogP contribution in [0.1, 0.15) is 12.8 Å². The summed E-state index contributed by atoms with van der Waals surface area (Å²) in [6, 6.07) is 9.50. The molecule has 1 aliphatic rings. The molecule has 1 aromatic carbocycles. The Bertz CT molecular complexity index is 597. The van der Waals surface area contributed by atoms with E-state index in [-0.39, 0.29) is 5.43 Å². The van der Waals surface area contributed by atoms with Crippen LogP contribution in [0.2, 0.25) is 0 Å². The zero-order chi connectivity index (χ0) is 12.4. The van der Waals surface area contributed by atoms with Crippen LogP contribution in [0.3, 0.4) is 0 Å². The third-order valence-electron chi connectivity index (χ3n) is 3.68. The van der Waals surface area contributed by atoms with Crippen molar-refractivity contribution >= 4 is 10.9 Å². The quantitative estimate of drug-likeness (QED) is 0.811. The number of para-hydroxylation sites is 1. The fourth-order valence-corrected chi connectivity index (χ4v) is 2.63. The number of pyridine rings is 1. The molecular weight excluding hydrogens is 226 g/mol. The third kappa shape index (κ3) is 2.18. The van der Waals surface area contributed by atoms with Gasteiger partial charge >= 0.3 is 0 Å². The van der Waals surface area contributed by atoms with Gasteiger partial charge < -0.3 is 9.30 Å². The number of hydrogen-bond donors (Lipinski definition) is 0. The summed E-state index contributed by atoms with van der Waals surface area (Å²) in [5, 5.41) is 0.812. The molecular formula is C15H17NO2. The van der Waals surface area contributed by atoms with E-state index < -0.39 is 0 Å². The van der Waals surface area contributed by atoms with Crippen LogP contribution in [0.4, 0.5) is 0 Å². The Morgan fingerprint density at radius 1 is 1.17 bits per heavy atom. The summed E-state index contributed by atoms with van der Waals surface area (Å²) in [6.07, 6.45) is 4.14. The summed E-state index contributed by atoms with van der Waals surface area (Å²) in [6.45, 7) is 2.70. The Labute approximate surface area is 106 Å². The molecule has 3 nitrogen and oxygen atoms in total. The van der Waals surface area contributed by atoms with Crippen molar-refractivity contribution in [3.05, 3.63) is 46.8 Å². The van der Waals surface area contributed by atoms with Crippen molar-refractivity contribution in [2.24, 2.45) is 5.92 Å². The van der Waals surface area contributed by atoms with Crippen molar-refractivity contribution in [1.29, 1.82) is 0 Å². The molecule has 0 saturated carbocycles. The Morgan fingerprint density at radius 3 is 2.78 bits per heavy atom. The lowest BCUT2D eigenvalue weighted by molar-refractivity contribution is 0.0616. The van der Waals surface area contributed by atoms with Crippen LogP contribution in [-0.4, -0.2) is 17.8 Å². The van der Waals surface area contributed by atoms with Gasteiger partial charge in [-0.05, 0) is 30.9 Å². The van der Waals surface area contributed by atoms with Crippen molar-refractivity contribution in [2.45, 2.75) is 19.4 Å². The summed E-state index contributed by atoms with van der Waals surface area (Å²) in [5.41, 5.74) is 1.14. The van der Waals surface area contributed by atoms with Crippen LogP contribution < -0.4 is 5.43 Å². The van der Waals surface area contributed by atoms with Gasteiger partial charge in [0.2, 0.25) is 0 Å². The first-order valence-electron chi connectivity index (χ1n) is 6.50. The van der Waals surface area contributed by atoms with E-state index in [4.69, 9.17) is 4.74 Å². The molecule has 94 valence electrons.